The number of amides is 2. The van der Waals surface area contributed by atoms with E-state index in [1.807, 2.05) is 32.2 Å². The van der Waals surface area contributed by atoms with Gasteiger partial charge in [-0.15, -0.1) is 11.3 Å². The second-order valence-electron chi connectivity index (χ2n) is 6.84. The molecule has 2 aromatic rings. The molecule has 0 radical (unpaired) electrons. The van der Waals surface area contributed by atoms with Crippen molar-refractivity contribution in [3.63, 3.8) is 0 Å². The number of rotatable bonds is 7. The van der Waals surface area contributed by atoms with Crippen molar-refractivity contribution in [1.82, 2.24) is 10.2 Å². The fourth-order valence-electron chi connectivity index (χ4n) is 2.63. The maximum absolute atomic E-state index is 12.9. The van der Waals surface area contributed by atoms with Gasteiger partial charge in [0.15, 0.2) is 0 Å². The third-order valence-corrected chi connectivity index (χ3v) is 5.67. The van der Waals surface area contributed by atoms with E-state index in [0.29, 0.717) is 6.54 Å². The number of benzene rings is 1. The van der Waals surface area contributed by atoms with Gasteiger partial charge in [-0.25, -0.2) is 0 Å². The maximum Gasteiger partial charge on any atom is 0.270 e. The molecule has 2 amide bonds. The summed E-state index contributed by atoms with van der Waals surface area (Å²) in [5.41, 5.74) is 0.999. The molecular formula is C19H22ClN3O4S. The van der Waals surface area contributed by atoms with Crippen LogP contribution in [0.5, 0.6) is 0 Å². The van der Waals surface area contributed by atoms with E-state index >= 15 is 0 Å². The third kappa shape index (κ3) is 5.08. The number of nitro benzene ring substituents is 1. The second kappa shape index (κ2) is 9.16. The number of hydrogen-bond acceptors (Lipinski definition) is 5. The number of carbonyl (C=O) groups excluding carboxylic acids is 2. The number of nitrogens with one attached hydrogen (secondary N) is 1. The van der Waals surface area contributed by atoms with Crippen LogP contribution in [0, 0.1) is 23.0 Å². The van der Waals surface area contributed by atoms with Gasteiger partial charge in [-0.3, -0.25) is 19.7 Å². The standard InChI is InChI=1S/C19H22ClN3O4S/c1-11(2)17(19(25)22(4)10-16-12(3)7-8-28-16)21-18(24)14-6-5-13(23(26)27)9-15(14)20/h5-9,11,17H,10H2,1-4H3,(H,21,24)/t17-/m0/s1. The van der Waals surface area contributed by atoms with Gasteiger partial charge in [-0.05, 0) is 35.9 Å². The minimum Gasteiger partial charge on any atom is -0.340 e. The van der Waals surface area contributed by atoms with Gasteiger partial charge in [0.1, 0.15) is 6.04 Å². The van der Waals surface area contributed by atoms with E-state index in [1.165, 1.54) is 12.1 Å². The van der Waals surface area contributed by atoms with Gasteiger partial charge >= 0.3 is 0 Å². The molecule has 2 rings (SSSR count). The zero-order chi connectivity index (χ0) is 21.0. The Labute approximate surface area is 172 Å². The van der Waals surface area contributed by atoms with E-state index in [-0.39, 0.29) is 28.1 Å². The Morgan fingerprint density at radius 1 is 1.32 bits per heavy atom. The van der Waals surface area contributed by atoms with E-state index in [4.69, 9.17) is 11.6 Å². The molecule has 1 heterocycles. The molecule has 0 unspecified atom stereocenters. The van der Waals surface area contributed by atoms with Gasteiger partial charge in [0, 0.05) is 24.1 Å². The first kappa shape index (κ1) is 21.8. The van der Waals surface area contributed by atoms with Crippen molar-refractivity contribution in [2.24, 2.45) is 5.92 Å². The molecule has 1 N–H and O–H groups in total. The smallest absolute Gasteiger partial charge is 0.270 e. The van der Waals surface area contributed by atoms with Gasteiger partial charge in [0.25, 0.3) is 11.6 Å². The zero-order valence-corrected chi connectivity index (χ0v) is 17.6. The average Bonchev–Trinajstić information content (AvgIpc) is 3.03. The summed E-state index contributed by atoms with van der Waals surface area (Å²) >= 11 is 7.60. The number of likely N-dealkylation sites (N-methyl/N-ethyl adjacent to an activating group) is 1. The lowest BCUT2D eigenvalue weighted by Crippen LogP contribution is -2.50. The largest absolute Gasteiger partial charge is 0.340 e. The third-order valence-electron chi connectivity index (χ3n) is 4.35. The van der Waals surface area contributed by atoms with Crippen molar-refractivity contribution in [3.8, 4) is 0 Å². The van der Waals surface area contributed by atoms with Crippen LogP contribution in [-0.2, 0) is 11.3 Å². The summed E-state index contributed by atoms with van der Waals surface area (Å²) in [6, 6.07) is 4.86. The summed E-state index contributed by atoms with van der Waals surface area (Å²) in [5, 5.41) is 15.5. The fraction of sp³-hybridized carbons (Fsp3) is 0.368. The number of hydrogen-bond donors (Lipinski definition) is 1. The lowest BCUT2D eigenvalue weighted by atomic mass is 10.0. The maximum atomic E-state index is 12.9. The van der Waals surface area contributed by atoms with Crippen LogP contribution >= 0.6 is 22.9 Å². The number of aryl methyl sites for hydroxylation is 1. The highest BCUT2D eigenvalue weighted by Crippen LogP contribution is 2.23. The van der Waals surface area contributed by atoms with Crippen LogP contribution in [0.2, 0.25) is 5.02 Å². The van der Waals surface area contributed by atoms with Crippen LogP contribution in [0.15, 0.2) is 29.6 Å². The predicted molar refractivity (Wildman–Crippen MR) is 110 cm³/mol. The normalized spacial score (nSPS) is 11.9. The molecule has 0 fully saturated rings. The van der Waals surface area contributed by atoms with Crippen molar-refractivity contribution in [2.75, 3.05) is 7.05 Å². The highest BCUT2D eigenvalue weighted by atomic mass is 35.5. The first-order valence-corrected chi connectivity index (χ1v) is 9.90. The van der Waals surface area contributed by atoms with Crippen LogP contribution in [-0.4, -0.2) is 34.7 Å². The molecule has 150 valence electrons. The first-order chi connectivity index (χ1) is 13.1. The summed E-state index contributed by atoms with van der Waals surface area (Å²) in [5.74, 6) is -0.915. The monoisotopic (exact) mass is 423 g/mol. The zero-order valence-electron chi connectivity index (χ0n) is 16.1. The molecule has 1 aromatic heterocycles. The van der Waals surface area contributed by atoms with E-state index in [9.17, 15) is 19.7 Å². The number of non-ortho nitro benzene ring substituents is 1. The average molecular weight is 424 g/mol. The number of halogens is 1. The highest BCUT2D eigenvalue weighted by molar-refractivity contribution is 7.10. The molecule has 0 aliphatic heterocycles. The summed E-state index contributed by atoms with van der Waals surface area (Å²) in [4.78, 5) is 38.4. The molecular weight excluding hydrogens is 402 g/mol. The van der Waals surface area contributed by atoms with E-state index in [1.54, 1.807) is 23.3 Å². The molecule has 0 aliphatic carbocycles. The summed E-state index contributed by atoms with van der Waals surface area (Å²) in [6.45, 7) is 6.12. The number of carbonyl (C=O) groups is 2. The predicted octanol–water partition coefficient (Wildman–Crippen LogP) is 4.03. The molecule has 0 bridgehead atoms. The van der Waals surface area contributed by atoms with Gasteiger partial charge in [-0.2, -0.15) is 0 Å². The fourth-order valence-corrected chi connectivity index (χ4v) is 3.85. The Hall–Kier alpha value is -2.45. The lowest BCUT2D eigenvalue weighted by Gasteiger charge is -2.27. The molecule has 1 atom stereocenters. The van der Waals surface area contributed by atoms with Crippen molar-refractivity contribution < 1.29 is 14.5 Å². The number of nitro groups is 1. The Morgan fingerprint density at radius 3 is 2.50 bits per heavy atom. The Balaban J connectivity index is 2.15. The molecule has 1 aromatic carbocycles. The van der Waals surface area contributed by atoms with Gasteiger partial charge in [-0.1, -0.05) is 25.4 Å². The van der Waals surface area contributed by atoms with Crippen LogP contribution in [0.25, 0.3) is 0 Å². The minimum atomic E-state index is -0.746. The van der Waals surface area contributed by atoms with Crippen molar-refractivity contribution in [2.45, 2.75) is 33.4 Å². The summed E-state index contributed by atoms with van der Waals surface area (Å²) in [7, 11) is 1.70. The van der Waals surface area contributed by atoms with Crippen LogP contribution < -0.4 is 5.32 Å². The molecule has 0 saturated heterocycles. The number of thiophene rings is 1. The van der Waals surface area contributed by atoms with Crippen LogP contribution in [0.3, 0.4) is 0 Å². The van der Waals surface area contributed by atoms with Crippen LogP contribution in [0.4, 0.5) is 5.69 Å². The molecule has 7 nitrogen and oxygen atoms in total. The van der Waals surface area contributed by atoms with E-state index in [0.717, 1.165) is 16.5 Å². The van der Waals surface area contributed by atoms with Gasteiger partial charge in [0.05, 0.1) is 22.1 Å². The van der Waals surface area contributed by atoms with Crippen molar-refractivity contribution in [3.05, 3.63) is 60.8 Å². The second-order valence-corrected chi connectivity index (χ2v) is 8.25. The van der Waals surface area contributed by atoms with Crippen LogP contribution in [0.1, 0.15) is 34.6 Å². The lowest BCUT2D eigenvalue weighted by molar-refractivity contribution is -0.384. The first-order valence-electron chi connectivity index (χ1n) is 8.64. The number of nitrogens with zero attached hydrogens (tertiary/aromatic N) is 2. The minimum absolute atomic E-state index is 0.0378. The van der Waals surface area contributed by atoms with E-state index < -0.39 is 16.9 Å². The summed E-state index contributed by atoms with van der Waals surface area (Å²) in [6.07, 6.45) is 0. The summed E-state index contributed by atoms with van der Waals surface area (Å²) < 4.78 is 0. The Kier molecular flexibility index (Phi) is 7.15. The van der Waals surface area contributed by atoms with Gasteiger partial charge < -0.3 is 10.2 Å². The molecule has 9 heteroatoms. The van der Waals surface area contributed by atoms with Crippen molar-refractivity contribution >= 4 is 40.4 Å². The quantitative estimate of drug-likeness (QED) is 0.537. The molecule has 28 heavy (non-hydrogen) atoms. The van der Waals surface area contributed by atoms with Crippen molar-refractivity contribution in [1.29, 1.82) is 0 Å². The Bertz CT molecular complexity index is 897. The molecule has 0 spiro atoms. The Morgan fingerprint density at radius 2 is 2.00 bits per heavy atom. The molecule has 0 aliphatic rings. The van der Waals surface area contributed by atoms with E-state index in [2.05, 4.69) is 5.32 Å². The topological polar surface area (TPSA) is 92.6 Å². The SMILES string of the molecule is Cc1ccsc1CN(C)C(=O)[C@@H](NC(=O)c1ccc([N+](=O)[O-])cc1Cl)C(C)C. The highest BCUT2D eigenvalue weighted by Gasteiger charge is 2.28. The van der Waals surface area contributed by atoms with Gasteiger partial charge in [0.2, 0.25) is 5.91 Å². The molecule has 0 saturated carbocycles.